The average Bonchev–Trinajstić information content (AvgIpc) is 2.89. The molecule has 27 heavy (non-hydrogen) atoms. The first-order chi connectivity index (χ1) is 12.7. The molecule has 9 heteroatoms. The first-order valence-electron chi connectivity index (χ1n) is 7.75. The van der Waals surface area contributed by atoms with Crippen LogP contribution in [0.25, 0.3) is 11.4 Å². The summed E-state index contributed by atoms with van der Waals surface area (Å²) < 4.78 is 42.1. The third-order valence-corrected chi connectivity index (χ3v) is 4.20. The van der Waals surface area contributed by atoms with E-state index in [1.54, 1.807) is 30.3 Å². The molecule has 5 nitrogen and oxygen atoms in total. The smallest absolute Gasteiger partial charge is 0.431 e. The zero-order chi connectivity index (χ0) is 19.8. The van der Waals surface area contributed by atoms with Crippen molar-refractivity contribution in [3.05, 3.63) is 70.3 Å². The standard InChI is InChI=1S/C18H13ClF3N3O2/c1-10-13(16-23-7-12(19)8-24-16)14(17(26)27)25(15(10)18(20,21)22)9-11-5-3-2-4-6-11/h2-8H,9H2,1H3,(H,26,27). The van der Waals surface area contributed by atoms with Gasteiger partial charge in [0.05, 0.1) is 10.6 Å². The van der Waals surface area contributed by atoms with Gasteiger partial charge in [0.15, 0.2) is 5.82 Å². The SMILES string of the molecule is Cc1c(-c2ncc(Cl)cn2)c(C(=O)O)n(Cc2ccccc2)c1C(F)(F)F. The van der Waals surface area contributed by atoms with Gasteiger partial charge < -0.3 is 9.67 Å². The molecule has 0 atom stereocenters. The minimum atomic E-state index is -4.76. The monoisotopic (exact) mass is 395 g/mol. The van der Waals surface area contributed by atoms with Crippen molar-refractivity contribution in [2.75, 3.05) is 0 Å². The van der Waals surface area contributed by atoms with E-state index in [9.17, 15) is 23.1 Å². The van der Waals surface area contributed by atoms with Gasteiger partial charge in [-0.2, -0.15) is 13.2 Å². The van der Waals surface area contributed by atoms with Gasteiger partial charge in [0.25, 0.3) is 0 Å². The van der Waals surface area contributed by atoms with Gasteiger partial charge in [-0.3, -0.25) is 0 Å². The molecule has 0 amide bonds. The largest absolute Gasteiger partial charge is 0.477 e. The van der Waals surface area contributed by atoms with Crippen LogP contribution < -0.4 is 0 Å². The second kappa shape index (κ2) is 7.03. The van der Waals surface area contributed by atoms with Gasteiger partial charge in [-0.1, -0.05) is 41.9 Å². The summed E-state index contributed by atoms with van der Waals surface area (Å²) in [5, 5.41) is 9.86. The molecule has 0 radical (unpaired) electrons. The summed E-state index contributed by atoms with van der Waals surface area (Å²) >= 11 is 5.73. The molecule has 0 fully saturated rings. The second-order valence-electron chi connectivity index (χ2n) is 5.80. The van der Waals surface area contributed by atoms with Gasteiger partial charge >= 0.3 is 12.1 Å². The van der Waals surface area contributed by atoms with Crippen molar-refractivity contribution in [3.8, 4) is 11.4 Å². The Hall–Kier alpha value is -2.87. The highest BCUT2D eigenvalue weighted by Gasteiger charge is 2.41. The van der Waals surface area contributed by atoms with Crippen molar-refractivity contribution < 1.29 is 23.1 Å². The molecule has 0 saturated carbocycles. The number of nitrogens with zero attached hydrogens (tertiary/aromatic N) is 3. The third-order valence-electron chi connectivity index (χ3n) is 4.01. The first-order valence-corrected chi connectivity index (χ1v) is 8.13. The Bertz CT molecular complexity index is 984. The summed E-state index contributed by atoms with van der Waals surface area (Å²) in [6, 6.07) is 8.31. The fourth-order valence-electron chi connectivity index (χ4n) is 2.97. The fourth-order valence-corrected chi connectivity index (χ4v) is 3.07. The van der Waals surface area contributed by atoms with Gasteiger partial charge in [-0.05, 0) is 18.1 Å². The number of benzene rings is 1. The molecule has 0 saturated heterocycles. The van der Waals surface area contributed by atoms with E-state index in [1.165, 1.54) is 19.3 Å². The topological polar surface area (TPSA) is 68.0 Å². The van der Waals surface area contributed by atoms with Crippen molar-refractivity contribution >= 4 is 17.6 Å². The molecule has 0 aliphatic rings. The molecule has 2 aromatic heterocycles. The Morgan fingerprint density at radius 1 is 1.19 bits per heavy atom. The quantitative estimate of drug-likeness (QED) is 0.697. The van der Waals surface area contributed by atoms with Crippen LogP contribution in [-0.4, -0.2) is 25.6 Å². The lowest BCUT2D eigenvalue weighted by atomic mass is 10.1. The Labute approximate surface area is 157 Å². The maximum atomic E-state index is 13.8. The van der Waals surface area contributed by atoms with Crippen molar-refractivity contribution in [2.45, 2.75) is 19.6 Å². The minimum absolute atomic E-state index is 0.133. The number of aromatic carboxylic acids is 1. The van der Waals surface area contributed by atoms with Crippen LogP contribution in [0.1, 0.15) is 27.3 Å². The molecular formula is C18H13ClF3N3O2. The van der Waals surface area contributed by atoms with E-state index in [-0.39, 0.29) is 28.5 Å². The lowest BCUT2D eigenvalue weighted by Crippen LogP contribution is -2.19. The Balaban J connectivity index is 2.31. The molecule has 0 bridgehead atoms. The van der Waals surface area contributed by atoms with E-state index in [1.807, 2.05) is 0 Å². The van der Waals surface area contributed by atoms with Crippen molar-refractivity contribution in [3.63, 3.8) is 0 Å². The number of halogens is 4. The molecule has 3 rings (SSSR count). The molecule has 0 spiro atoms. The average molecular weight is 396 g/mol. The van der Waals surface area contributed by atoms with E-state index in [0.29, 0.717) is 5.56 Å². The van der Waals surface area contributed by atoms with Crippen LogP contribution in [0.4, 0.5) is 13.2 Å². The lowest BCUT2D eigenvalue weighted by molar-refractivity contribution is -0.143. The highest BCUT2D eigenvalue weighted by molar-refractivity contribution is 6.30. The second-order valence-corrected chi connectivity index (χ2v) is 6.23. The van der Waals surface area contributed by atoms with Gasteiger partial charge in [-0.25, -0.2) is 14.8 Å². The number of hydrogen-bond donors (Lipinski definition) is 1. The van der Waals surface area contributed by atoms with E-state index in [4.69, 9.17) is 11.6 Å². The molecule has 0 unspecified atom stereocenters. The summed E-state index contributed by atoms with van der Waals surface area (Å²) in [6.07, 6.45) is -2.35. The van der Waals surface area contributed by atoms with Crippen LogP contribution in [0.3, 0.4) is 0 Å². The van der Waals surface area contributed by atoms with Crippen molar-refractivity contribution in [1.82, 2.24) is 14.5 Å². The molecule has 1 N–H and O–H groups in total. The van der Waals surface area contributed by atoms with Gasteiger partial charge in [0.2, 0.25) is 0 Å². The molecular weight excluding hydrogens is 383 g/mol. The van der Waals surface area contributed by atoms with Gasteiger partial charge in [-0.15, -0.1) is 0 Å². The molecule has 140 valence electrons. The zero-order valence-electron chi connectivity index (χ0n) is 14.0. The van der Waals surface area contributed by atoms with Crippen LogP contribution in [0.15, 0.2) is 42.7 Å². The first kappa shape index (κ1) is 18.9. The number of carbonyl (C=O) groups is 1. The van der Waals surface area contributed by atoms with E-state index < -0.39 is 23.5 Å². The molecule has 1 aromatic carbocycles. The van der Waals surface area contributed by atoms with Crippen molar-refractivity contribution in [2.24, 2.45) is 0 Å². The van der Waals surface area contributed by atoms with Crippen molar-refractivity contribution in [1.29, 1.82) is 0 Å². The summed E-state index contributed by atoms with van der Waals surface area (Å²) in [5.74, 6) is -1.63. The summed E-state index contributed by atoms with van der Waals surface area (Å²) in [4.78, 5) is 19.7. The van der Waals surface area contributed by atoms with E-state index in [0.717, 1.165) is 4.57 Å². The number of rotatable bonds is 4. The number of alkyl halides is 3. The number of aromatic nitrogens is 3. The van der Waals surface area contributed by atoms with E-state index >= 15 is 0 Å². The van der Waals surface area contributed by atoms with E-state index in [2.05, 4.69) is 9.97 Å². The molecule has 0 aliphatic heterocycles. The number of carboxylic acids is 1. The Morgan fingerprint density at radius 3 is 2.30 bits per heavy atom. The van der Waals surface area contributed by atoms with Crippen LogP contribution in [-0.2, 0) is 12.7 Å². The van der Waals surface area contributed by atoms with Crippen LogP contribution in [0, 0.1) is 6.92 Å². The summed E-state index contributed by atoms with van der Waals surface area (Å²) in [6.45, 7) is 0.954. The molecule has 3 aromatic rings. The fraction of sp³-hybridized carbons (Fsp3) is 0.167. The van der Waals surface area contributed by atoms with Crippen LogP contribution >= 0.6 is 11.6 Å². The third kappa shape index (κ3) is 3.66. The summed E-state index contributed by atoms with van der Waals surface area (Å²) in [7, 11) is 0. The Morgan fingerprint density at radius 2 is 1.78 bits per heavy atom. The maximum absolute atomic E-state index is 13.8. The predicted molar refractivity (Wildman–Crippen MR) is 92.7 cm³/mol. The highest BCUT2D eigenvalue weighted by atomic mass is 35.5. The van der Waals surface area contributed by atoms with Crippen LogP contribution in [0.2, 0.25) is 5.02 Å². The maximum Gasteiger partial charge on any atom is 0.431 e. The van der Waals surface area contributed by atoms with Gasteiger partial charge in [0, 0.05) is 18.9 Å². The number of hydrogen-bond acceptors (Lipinski definition) is 3. The number of carboxylic acid groups (broad SMARTS) is 1. The van der Waals surface area contributed by atoms with Gasteiger partial charge in [0.1, 0.15) is 11.4 Å². The van der Waals surface area contributed by atoms with Crippen LogP contribution in [0.5, 0.6) is 0 Å². The lowest BCUT2D eigenvalue weighted by Gasteiger charge is -2.14. The Kier molecular flexibility index (Phi) is 4.93. The molecule has 0 aliphatic carbocycles. The highest BCUT2D eigenvalue weighted by Crippen LogP contribution is 2.40. The normalized spacial score (nSPS) is 11.6. The summed E-state index contributed by atoms with van der Waals surface area (Å²) in [5.41, 5.74) is -1.46. The molecule has 2 heterocycles. The minimum Gasteiger partial charge on any atom is -0.477 e. The zero-order valence-corrected chi connectivity index (χ0v) is 14.7. The predicted octanol–water partition coefficient (Wildman–Crippen LogP) is 4.67.